The Balaban J connectivity index is 2.38. The van der Waals surface area contributed by atoms with Gasteiger partial charge in [0.25, 0.3) is 0 Å². The number of nitrogens with zero attached hydrogens (tertiary/aromatic N) is 2. The molecule has 2 aromatic heterocycles. The Hall–Kier alpha value is -1.24. The van der Waals surface area contributed by atoms with Crippen LogP contribution in [0, 0.1) is 17.5 Å². The molecule has 1 aromatic carbocycles. The van der Waals surface area contributed by atoms with Gasteiger partial charge < -0.3 is 4.98 Å². The normalized spacial score (nSPS) is 11.2. The van der Waals surface area contributed by atoms with Crippen LogP contribution in [0.5, 0.6) is 0 Å². The molecule has 3 rings (SSSR count). The minimum absolute atomic E-state index is 0.311. The number of hydrogen-bond acceptors (Lipinski definition) is 2. The van der Waals surface area contributed by atoms with E-state index in [0.717, 1.165) is 16.8 Å². The van der Waals surface area contributed by atoms with Gasteiger partial charge in [0.2, 0.25) is 0 Å². The second-order valence-corrected chi connectivity index (χ2v) is 6.02. The molecule has 0 saturated carbocycles. The van der Waals surface area contributed by atoms with Gasteiger partial charge in [0.05, 0.1) is 20.7 Å². The van der Waals surface area contributed by atoms with Crippen molar-refractivity contribution in [2.45, 2.75) is 6.92 Å². The molecule has 0 aliphatic carbocycles. The molecule has 0 unspecified atom stereocenters. The number of fused-ring (bicyclic) bond motifs is 1. The fourth-order valence-corrected chi connectivity index (χ4v) is 2.85. The molecule has 0 amide bonds. The van der Waals surface area contributed by atoms with Gasteiger partial charge in [-0.1, -0.05) is 11.6 Å². The summed E-state index contributed by atoms with van der Waals surface area (Å²) in [6.45, 7) is 1.82. The van der Waals surface area contributed by atoms with E-state index in [4.69, 9.17) is 23.8 Å². The lowest BCUT2D eigenvalue weighted by molar-refractivity contribution is 0.619. The molecule has 3 nitrogen and oxygen atoms in total. The average Bonchev–Trinajstić information content (AvgIpc) is 2.69. The molecule has 0 aliphatic rings. The van der Waals surface area contributed by atoms with E-state index < -0.39 is 0 Å². The Morgan fingerprint density at radius 1 is 1.40 bits per heavy atom. The van der Waals surface area contributed by atoms with Gasteiger partial charge in [-0.3, -0.25) is 4.57 Å². The zero-order valence-corrected chi connectivity index (χ0v) is 13.4. The van der Waals surface area contributed by atoms with E-state index in [1.807, 2.05) is 6.92 Å². The van der Waals surface area contributed by atoms with E-state index in [0.29, 0.717) is 19.9 Å². The molecule has 2 heterocycles. The van der Waals surface area contributed by atoms with Crippen LogP contribution in [-0.4, -0.2) is 14.5 Å². The number of imidazole rings is 1. The van der Waals surface area contributed by atoms with Crippen LogP contribution < -0.4 is 0 Å². The molecule has 0 spiro atoms. The number of halogens is 3. The third-order valence-corrected chi connectivity index (χ3v) is 4.07. The van der Waals surface area contributed by atoms with Gasteiger partial charge >= 0.3 is 0 Å². The number of H-pyrrole nitrogens is 1. The molecule has 102 valence electrons. The van der Waals surface area contributed by atoms with E-state index in [9.17, 15) is 4.39 Å². The smallest absolute Gasteiger partial charge is 0.184 e. The number of benzene rings is 1. The fraction of sp³-hybridized carbons (Fsp3) is 0.0769. The van der Waals surface area contributed by atoms with Crippen molar-refractivity contribution in [2.24, 2.45) is 0 Å². The largest absolute Gasteiger partial charge is 0.329 e. The van der Waals surface area contributed by atoms with Crippen molar-refractivity contribution in [2.75, 3.05) is 0 Å². The predicted molar refractivity (Wildman–Crippen MR) is 83.7 cm³/mol. The van der Waals surface area contributed by atoms with Gasteiger partial charge in [-0.15, -0.1) is 0 Å². The molecular formula is C13H8BrClFN3S. The summed E-state index contributed by atoms with van der Waals surface area (Å²) in [6.07, 6.45) is 1.55. The highest BCUT2D eigenvalue weighted by atomic mass is 79.9. The van der Waals surface area contributed by atoms with Gasteiger partial charge in [-0.05, 0) is 58.8 Å². The SMILES string of the molecule is Cc1cc(F)c(Br)cc1-n1c(=S)[nH]c2cc(Cl)cnc21. The zero-order valence-electron chi connectivity index (χ0n) is 10.2. The maximum Gasteiger partial charge on any atom is 0.184 e. The van der Waals surface area contributed by atoms with Crippen LogP contribution in [0.1, 0.15) is 5.56 Å². The highest BCUT2D eigenvalue weighted by Gasteiger charge is 2.13. The van der Waals surface area contributed by atoms with Crippen LogP contribution in [0.3, 0.4) is 0 Å². The zero-order chi connectivity index (χ0) is 14.4. The highest BCUT2D eigenvalue weighted by molar-refractivity contribution is 9.10. The molecule has 0 radical (unpaired) electrons. The quantitative estimate of drug-likeness (QED) is 0.613. The Kier molecular flexibility index (Phi) is 3.40. The number of pyridine rings is 1. The summed E-state index contributed by atoms with van der Waals surface area (Å²) in [5.74, 6) is -0.311. The van der Waals surface area contributed by atoms with Crippen LogP contribution in [0.15, 0.2) is 28.9 Å². The third kappa shape index (κ3) is 2.17. The minimum atomic E-state index is -0.311. The van der Waals surface area contributed by atoms with Crippen molar-refractivity contribution in [3.8, 4) is 5.69 Å². The number of rotatable bonds is 1. The van der Waals surface area contributed by atoms with Gasteiger partial charge in [0.1, 0.15) is 5.82 Å². The molecule has 0 aliphatic heterocycles. The van der Waals surface area contributed by atoms with Crippen LogP contribution in [0.25, 0.3) is 16.9 Å². The second kappa shape index (κ2) is 4.95. The molecule has 0 saturated heterocycles. The summed E-state index contributed by atoms with van der Waals surface area (Å²) in [4.78, 5) is 7.34. The third-order valence-electron chi connectivity index (χ3n) is 2.97. The lowest BCUT2D eigenvalue weighted by atomic mass is 10.2. The molecule has 3 aromatic rings. The second-order valence-electron chi connectivity index (χ2n) is 4.34. The molecule has 0 fully saturated rings. The van der Waals surface area contributed by atoms with Crippen molar-refractivity contribution < 1.29 is 4.39 Å². The Bertz CT molecular complexity index is 887. The molecule has 0 atom stereocenters. The van der Waals surface area contributed by atoms with Crippen molar-refractivity contribution in [3.05, 3.63) is 50.0 Å². The summed E-state index contributed by atoms with van der Waals surface area (Å²) < 4.78 is 16.2. The topological polar surface area (TPSA) is 33.6 Å². The average molecular weight is 373 g/mol. The number of aromatic amines is 1. The molecule has 7 heteroatoms. The molecule has 0 bridgehead atoms. The summed E-state index contributed by atoms with van der Waals surface area (Å²) in [6, 6.07) is 4.89. The predicted octanol–water partition coefficient (Wildman–Crippen LogP) is 4.95. The number of nitrogens with one attached hydrogen (secondary N) is 1. The highest BCUT2D eigenvalue weighted by Crippen LogP contribution is 2.27. The monoisotopic (exact) mass is 371 g/mol. The van der Waals surface area contributed by atoms with E-state index >= 15 is 0 Å². The van der Waals surface area contributed by atoms with Crippen molar-refractivity contribution in [1.29, 1.82) is 0 Å². The van der Waals surface area contributed by atoms with Crippen LogP contribution in [0.4, 0.5) is 4.39 Å². The maximum atomic E-state index is 13.5. The summed E-state index contributed by atoms with van der Waals surface area (Å²) >= 11 is 14.4. The number of aryl methyl sites for hydroxylation is 1. The van der Waals surface area contributed by atoms with E-state index in [-0.39, 0.29) is 5.82 Å². The first kappa shape index (κ1) is 13.7. The number of hydrogen-bond donors (Lipinski definition) is 1. The van der Waals surface area contributed by atoms with Crippen molar-refractivity contribution in [3.63, 3.8) is 0 Å². The lowest BCUT2D eigenvalue weighted by Gasteiger charge is -2.09. The molecular weight excluding hydrogens is 365 g/mol. The molecule has 20 heavy (non-hydrogen) atoms. The Morgan fingerprint density at radius 2 is 2.15 bits per heavy atom. The Morgan fingerprint density at radius 3 is 2.90 bits per heavy atom. The first-order chi connectivity index (χ1) is 9.47. The maximum absolute atomic E-state index is 13.5. The van der Waals surface area contributed by atoms with Gasteiger partial charge in [-0.25, -0.2) is 9.37 Å². The first-order valence-corrected chi connectivity index (χ1v) is 7.27. The van der Waals surface area contributed by atoms with Crippen LogP contribution in [0.2, 0.25) is 5.02 Å². The van der Waals surface area contributed by atoms with Gasteiger partial charge in [0, 0.05) is 6.20 Å². The van der Waals surface area contributed by atoms with E-state index in [2.05, 4.69) is 25.9 Å². The standard InChI is InChI=1S/C13H8BrClFN3S/c1-6-2-9(16)8(14)4-11(6)19-12-10(18-13(19)20)3-7(15)5-17-12/h2-5H,1H3,(H,18,20). The first-order valence-electron chi connectivity index (χ1n) is 5.69. The summed E-state index contributed by atoms with van der Waals surface area (Å²) in [5.41, 5.74) is 2.92. The minimum Gasteiger partial charge on any atom is -0.329 e. The van der Waals surface area contributed by atoms with Crippen molar-refractivity contribution in [1.82, 2.24) is 14.5 Å². The van der Waals surface area contributed by atoms with Crippen LogP contribution in [-0.2, 0) is 0 Å². The van der Waals surface area contributed by atoms with Crippen LogP contribution >= 0.6 is 39.7 Å². The Labute approximate surface area is 132 Å². The fourth-order valence-electron chi connectivity index (χ4n) is 2.07. The van der Waals surface area contributed by atoms with E-state index in [1.54, 1.807) is 22.9 Å². The lowest BCUT2D eigenvalue weighted by Crippen LogP contribution is -1.99. The summed E-state index contributed by atoms with van der Waals surface area (Å²) in [7, 11) is 0. The van der Waals surface area contributed by atoms with Crippen molar-refractivity contribution >= 4 is 50.9 Å². The number of aromatic nitrogens is 3. The van der Waals surface area contributed by atoms with Gasteiger partial charge in [0.15, 0.2) is 10.4 Å². The van der Waals surface area contributed by atoms with E-state index in [1.165, 1.54) is 6.07 Å². The van der Waals surface area contributed by atoms with Gasteiger partial charge in [-0.2, -0.15) is 0 Å². The summed E-state index contributed by atoms with van der Waals surface area (Å²) in [5, 5.41) is 0.526. The molecule has 1 N–H and O–H groups in total.